The second-order valence-corrected chi connectivity index (χ2v) is 14.3. The van der Waals surface area contributed by atoms with E-state index >= 15 is 0 Å². The Bertz CT molecular complexity index is 2880. The monoisotopic (exact) mass is 690 g/mol. The third-order valence-electron chi connectivity index (χ3n) is 11.1. The first-order valence-corrected chi connectivity index (χ1v) is 18.6. The number of hydrogen-bond donors (Lipinski definition) is 0. The normalized spacial score (nSPS) is 14.8. The highest BCUT2D eigenvalue weighted by molar-refractivity contribution is 6.13. The van der Waals surface area contributed by atoms with Crippen LogP contribution in [0.5, 0.6) is 5.75 Å². The van der Waals surface area contributed by atoms with Crippen molar-refractivity contribution in [1.82, 2.24) is 9.55 Å². The Kier molecular flexibility index (Phi) is 6.99. The van der Waals surface area contributed by atoms with E-state index < -0.39 is 0 Å². The molecule has 54 heavy (non-hydrogen) atoms. The fourth-order valence-electron chi connectivity index (χ4n) is 8.53. The number of allylic oxidation sites excluding steroid dienone is 4. The third-order valence-corrected chi connectivity index (χ3v) is 11.1. The molecule has 1 unspecified atom stereocenters. The smallest absolute Gasteiger partial charge is 0.136 e. The van der Waals surface area contributed by atoms with Crippen molar-refractivity contribution >= 4 is 38.4 Å². The molecule has 0 bridgehead atoms. The molecule has 11 rings (SSSR count). The van der Waals surface area contributed by atoms with E-state index in [0.29, 0.717) is 0 Å². The van der Waals surface area contributed by atoms with Crippen LogP contribution in [0.1, 0.15) is 17.9 Å². The zero-order valence-electron chi connectivity index (χ0n) is 29.5. The lowest BCUT2D eigenvalue weighted by molar-refractivity contribution is 0.426. The van der Waals surface area contributed by atoms with E-state index in [4.69, 9.17) is 9.72 Å². The highest BCUT2D eigenvalue weighted by atomic mass is 16.5. The van der Waals surface area contributed by atoms with Crippen molar-refractivity contribution in [2.24, 2.45) is 0 Å². The van der Waals surface area contributed by atoms with Gasteiger partial charge in [0.15, 0.2) is 0 Å². The Morgan fingerprint density at radius 2 is 1.09 bits per heavy atom. The highest BCUT2D eigenvalue weighted by Crippen LogP contribution is 2.50. The van der Waals surface area contributed by atoms with Crippen molar-refractivity contribution in [2.75, 3.05) is 0 Å². The van der Waals surface area contributed by atoms with E-state index in [0.717, 1.165) is 56.9 Å². The molecule has 0 fully saturated rings. The molecule has 2 aliphatic rings. The Morgan fingerprint density at radius 1 is 0.500 bits per heavy atom. The molecule has 7 aromatic carbocycles. The molecular formula is C51H34N2O. The predicted octanol–water partition coefficient (Wildman–Crippen LogP) is 13.3. The summed E-state index contributed by atoms with van der Waals surface area (Å²) in [7, 11) is 0. The summed E-state index contributed by atoms with van der Waals surface area (Å²) < 4.78 is 9.43. The zero-order chi connectivity index (χ0) is 35.6. The number of benzene rings is 7. The van der Waals surface area contributed by atoms with Crippen LogP contribution < -0.4 is 4.74 Å². The summed E-state index contributed by atoms with van der Waals surface area (Å²) in [5, 5.41) is 3.58. The largest absolute Gasteiger partial charge is 0.459 e. The lowest BCUT2D eigenvalue weighted by Gasteiger charge is -2.20. The van der Waals surface area contributed by atoms with Crippen molar-refractivity contribution in [1.29, 1.82) is 0 Å². The van der Waals surface area contributed by atoms with E-state index in [1.807, 2.05) is 6.07 Å². The minimum Gasteiger partial charge on any atom is -0.459 e. The van der Waals surface area contributed by atoms with Crippen molar-refractivity contribution in [3.05, 3.63) is 199 Å². The van der Waals surface area contributed by atoms with Gasteiger partial charge in [0.2, 0.25) is 0 Å². The van der Waals surface area contributed by atoms with Gasteiger partial charge in [-0.15, -0.1) is 0 Å². The number of hydrogen-bond acceptors (Lipinski definition) is 2. The molecule has 3 nitrogen and oxygen atoms in total. The van der Waals surface area contributed by atoms with Gasteiger partial charge < -0.3 is 9.30 Å². The quantitative estimate of drug-likeness (QED) is 0.180. The van der Waals surface area contributed by atoms with E-state index in [1.165, 1.54) is 49.6 Å². The maximum atomic E-state index is 7.01. The molecule has 3 heterocycles. The van der Waals surface area contributed by atoms with Gasteiger partial charge in [-0.25, -0.2) is 4.98 Å². The minimum atomic E-state index is 0.141. The van der Waals surface area contributed by atoms with Crippen LogP contribution in [0.15, 0.2) is 194 Å². The highest BCUT2D eigenvalue weighted by Gasteiger charge is 2.35. The molecule has 0 amide bonds. The molecule has 0 radical (unpaired) electrons. The molecule has 2 aromatic heterocycles. The van der Waals surface area contributed by atoms with E-state index in [2.05, 4.69) is 187 Å². The lowest BCUT2D eigenvalue weighted by atomic mass is 9.89. The summed E-state index contributed by atoms with van der Waals surface area (Å²) in [5.41, 5.74) is 14.8. The van der Waals surface area contributed by atoms with Gasteiger partial charge >= 0.3 is 0 Å². The first-order chi connectivity index (χ1) is 26.8. The molecule has 0 saturated carbocycles. The predicted molar refractivity (Wildman–Crippen MR) is 223 cm³/mol. The fourth-order valence-corrected chi connectivity index (χ4v) is 8.53. The number of rotatable bonds is 5. The van der Waals surface area contributed by atoms with Crippen LogP contribution >= 0.6 is 0 Å². The van der Waals surface area contributed by atoms with Crippen LogP contribution in [0.25, 0.3) is 83.0 Å². The van der Waals surface area contributed by atoms with Crippen molar-refractivity contribution in [3.63, 3.8) is 0 Å². The molecule has 3 heteroatoms. The lowest BCUT2D eigenvalue weighted by Crippen LogP contribution is -2.09. The minimum absolute atomic E-state index is 0.141. The van der Waals surface area contributed by atoms with Crippen LogP contribution in [0, 0.1) is 0 Å². The van der Waals surface area contributed by atoms with Gasteiger partial charge in [0, 0.05) is 27.3 Å². The topological polar surface area (TPSA) is 27.1 Å². The van der Waals surface area contributed by atoms with Crippen molar-refractivity contribution < 1.29 is 4.74 Å². The molecular weight excluding hydrogens is 657 g/mol. The molecule has 0 saturated heterocycles. The number of pyridine rings is 1. The Morgan fingerprint density at radius 3 is 1.76 bits per heavy atom. The van der Waals surface area contributed by atoms with E-state index in [9.17, 15) is 0 Å². The summed E-state index contributed by atoms with van der Waals surface area (Å²) in [6.07, 6.45) is 5.47. The fraction of sp³-hybridized carbons (Fsp3) is 0.0392. The van der Waals surface area contributed by atoms with Gasteiger partial charge in [0.05, 0.1) is 33.9 Å². The second-order valence-electron chi connectivity index (χ2n) is 14.3. The van der Waals surface area contributed by atoms with Gasteiger partial charge in [-0.3, -0.25) is 0 Å². The third kappa shape index (κ3) is 4.93. The Balaban J connectivity index is 1.07. The summed E-state index contributed by atoms with van der Waals surface area (Å²) in [4.78, 5) is 5.05. The average Bonchev–Trinajstić information content (AvgIpc) is 3.79. The van der Waals surface area contributed by atoms with E-state index in [1.54, 1.807) is 0 Å². The van der Waals surface area contributed by atoms with Crippen molar-refractivity contribution in [2.45, 2.75) is 12.3 Å². The molecule has 1 aliphatic heterocycles. The standard InChI is InChI=1S/C51H34N2O/c1-4-13-33(14-5-1)36-24-27-47-43(29-36)44-30-37(34-15-6-2-7-16-34)25-28-48(44)53(47)49-22-12-20-41-40-26-23-38(31-50(40)54-51(41)49)42-32-46(35-17-8-3-9-18-35)52-45-21-11-10-19-39(42)45/h1-19,21-32,41H,20H2. The molecule has 1 atom stereocenters. The number of nitrogens with zero attached hydrogens (tertiary/aromatic N) is 2. The van der Waals surface area contributed by atoms with Crippen LogP contribution in [0.3, 0.4) is 0 Å². The molecule has 9 aromatic rings. The van der Waals surface area contributed by atoms with Crippen molar-refractivity contribution in [3.8, 4) is 50.4 Å². The van der Waals surface area contributed by atoms with Gasteiger partial charge in [-0.2, -0.15) is 0 Å². The second kappa shape index (κ2) is 12.3. The number of para-hydroxylation sites is 1. The maximum Gasteiger partial charge on any atom is 0.136 e. The van der Waals surface area contributed by atoms with Gasteiger partial charge in [-0.1, -0.05) is 140 Å². The van der Waals surface area contributed by atoms with Crippen LogP contribution in [-0.2, 0) is 0 Å². The summed E-state index contributed by atoms with van der Waals surface area (Å²) in [6.45, 7) is 0. The zero-order valence-corrected chi connectivity index (χ0v) is 29.5. The molecule has 254 valence electrons. The summed E-state index contributed by atoms with van der Waals surface area (Å²) in [6, 6.07) is 62.9. The maximum absolute atomic E-state index is 7.01. The van der Waals surface area contributed by atoms with Gasteiger partial charge in [-0.05, 0) is 88.3 Å². The molecule has 0 N–H and O–H groups in total. The SMILES string of the molecule is C1=CC(n2c3ccc(-c4ccccc4)cc3c3cc(-c4ccccc4)ccc32)=C2Oc3cc(-c4cc(-c5ccccc5)nc5ccccc45)ccc3C2C1. The summed E-state index contributed by atoms with van der Waals surface area (Å²) >= 11 is 0. The summed E-state index contributed by atoms with van der Waals surface area (Å²) in [5.74, 6) is 2.07. The van der Waals surface area contributed by atoms with E-state index in [-0.39, 0.29) is 5.92 Å². The van der Waals surface area contributed by atoms with Gasteiger partial charge in [0.1, 0.15) is 11.5 Å². The van der Waals surface area contributed by atoms with Crippen LogP contribution in [-0.4, -0.2) is 9.55 Å². The van der Waals surface area contributed by atoms with Crippen LogP contribution in [0.2, 0.25) is 0 Å². The Labute approximate surface area is 313 Å². The average molecular weight is 691 g/mol. The Hall–Kier alpha value is -6.97. The molecule has 0 spiro atoms. The number of fused-ring (bicyclic) bond motifs is 7. The van der Waals surface area contributed by atoms with Gasteiger partial charge in [0.25, 0.3) is 0 Å². The number of ether oxygens (including phenoxy) is 1. The molecule has 1 aliphatic carbocycles. The van der Waals surface area contributed by atoms with Crippen LogP contribution in [0.4, 0.5) is 0 Å². The first kappa shape index (κ1) is 30.6. The number of aromatic nitrogens is 2. The first-order valence-electron chi connectivity index (χ1n) is 18.6.